The molecule has 1 aliphatic heterocycles. The van der Waals surface area contributed by atoms with Crippen LogP contribution in [0.15, 0.2) is 54.2 Å². The second-order valence-corrected chi connectivity index (χ2v) is 7.00. The van der Waals surface area contributed by atoms with Crippen LogP contribution >= 0.6 is 11.6 Å². The molecular weight excluding hydrogens is 380 g/mol. The van der Waals surface area contributed by atoms with Crippen molar-refractivity contribution in [3.63, 3.8) is 0 Å². The van der Waals surface area contributed by atoms with E-state index in [0.717, 1.165) is 16.5 Å². The van der Waals surface area contributed by atoms with Crippen molar-refractivity contribution in [3.8, 4) is 5.75 Å². The van der Waals surface area contributed by atoms with E-state index < -0.39 is 17.9 Å². The summed E-state index contributed by atoms with van der Waals surface area (Å²) in [5.41, 5.74) is 2.78. The Hall–Kier alpha value is -3.25. The predicted molar refractivity (Wildman–Crippen MR) is 106 cm³/mol. The summed E-state index contributed by atoms with van der Waals surface area (Å²) in [6.07, 6.45) is 3.61. The molecule has 1 atom stereocenters. The highest BCUT2D eigenvalue weighted by molar-refractivity contribution is 6.30. The maximum Gasteiger partial charge on any atom is 0.326 e. The molecule has 3 N–H and O–H groups in total. The first-order chi connectivity index (χ1) is 13.5. The maximum atomic E-state index is 12.6. The zero-order valence-corrected chi connectivity index (χ0v) is 15.5. The van der Waals surface area contributed by atoms with Gasteiger partial charge in [-0.3, -0.25) is 4.79 Å². The molecule has 0 saturated carbocycles. The molecule has 0 aliphatic carbocycles. The number of aromatic nitrogens is 1. The largest absolute Gasteiger partial charge is 0.488 e. The molecular formula is C21H17ClN2O4. The normalized spacial score (nSPS) is 14.0. The highest BCUT2D eigenvalue weighted by Crippen LogP contribution is 2.29. The van der Waals surface area contributed by atoms with Gasteiger partial charge in [0.15, 0.2) is 0 Å². The first-order valence-electron chi connectivity index (χ1n) is 8.73. The smallest absolute Gasteiger partial charge is 0.326 e. The highest BCUT2D eigenvalue weighted by atomic mass is 35.5. The summed E-state index contributed by atoms with van der Waals surface area (Å²) in [4.78, 5) is 27.5. The van der Waals surface area contributed by atoms with E-state index in [1.165, 1.54) is 0 Å². The first-order valence-corrected chi connectivity index (χ1v) is 9.10. The molecule has 6 nitrogen and oxygen atoms in total. The minimum atomic E-state index is -1.10. The van der Waals surface area contributed by atoms with Crippen LogP contribution in [0, 0.1) is 0 Å². The lowest BCUT2D eigenvalue weighted by atomic mass is 10.0. The number of carbonyl (C=O) groups is 2. The van der Waals surface area contributed by atoms with E-state index in [-0.39, 0.29) is 13.0 Å². The number of ether oxygens (including phenoxy) is 1. The number of hydrogen-bond acceptors (Lipinski definition) is 3. The number of aliphatic carboxylic acids is 1. The fourth-order valence-corrected chi connectivity index (χ4v) is 3.43. The van der Waals surface area contributed by atoms with Gasteiger partial charge < -0.3 is 20.1 Å². The van der Waals surface area contributed by atoms with E-state index in [9.17, 15) is 14.7 Å². The Balaban J connectivity index is 1.54. The number of benzene rings is 2. The van der Waals surface area contributed by atoms with Crippen molar-refractivity contribution in [1.29, 1.82) is 0 Å². The number of aromatic amines is 1. The minimum absolute atomic E-state index is 0.0693. The van der Waals surface area contributed by atoms with E-state index in [0.29, 0.717) is 21.9 Å². The summed E-state index contributed by atoms with van der Waals surface area (Å²) < 4.78 is 5.58. The molecule has 0 unspecified atom stereocenters. The third-order valence-corrected chi connectivity index (χ3v) is 4.91. The summed E-state index contributed by atoms with van der Waals surface area (Å²) in [6.45, 7) is 0.0693. The average Bonchev–Trinajstić information content (AvgIpc) is 3.09. The van der Waals surface area contributed by atoms with Gasteiger partial charge >= 0.3 is 5.97 Å². The fraction of sp³-hybridized carbons (Fsp3) is 0.143. The zero-order chi connectivity index (χ0) is 19.7. The number of H-pyrrole nitrogens is 1. The SMILES string of the molecule is O=C(N[C@H](Cc1c[nH]c2ccccc12)C(=O)O)C1=Cc2cc(Cl)ccc2OC1. The Morgan fingerprint density at radius 1 is 1.25 bits per heavy atom. The molecule has 0 fully saturated rings. The Kier molecular flexibility index (Phi) is 4.79. The van der Waals surface area contributed by atoms with Crippen molar-refractivity contribution in [2.45, 2.75) is 12.5 Å². The van der Waals surface area contributed by atoms with Crippen molar-refractivity contribution in [2.75, 3.05) is 6.61 Å². The van der Waals surface area contributed by atoms with Gasteiger partial charge in [0.1, 0.15) is 18.4 Å². The highest BCUT2D eigenvalue weighted by Gasteiger charge is 2.25. The third kappa shape index (κ3) is 3.59. The van der Waals surface area contributed by atoms with Crippen LogP contribution in [-0.4, -0.2) is 34.6 Å². The first kappa shape index (κ1) is 18.1. The molecule has 3 aromatic rings. The van der Waals surface area contributed by atoms with E-state index in [1.54, 1.807) is 30.5 Å². The van der Waals surface area contributed by atoms with Gasteiger partial charge in [0.05, 0.1) is 5.57 Å². The Labute approximate surface area is 165 Å². The monoisotopic (exact) mass is 396 g/mol. The molecule has 0 radical (unpaired) electrons. The van der Waals surface area contributed by atoms with Crippen LogP contribution in [0.2, 0.25) is 5.02 Å². The topological polar surface area (TPSA) is 91.4 Å². The van der Waals surface area contributed by atoms with Crippen LogP contribution in [-0.2, 0) is 16.0 Å². The number of fused-ring (bicyclic) bond motifs is 2. The summed E-state index contributed by atoms with van der Waals surface area (Å²) in [6, 6.07) is 11.7. The molecule has 0 spiro atoms. The molecule has 4 rings (SSSR count). The second-order valence-electron chi connectivity index (χ2n) is 6.57. The molecule has 0 bridgehead atoms. The molecule has 1 amide bonds. The predicted octanol–water partition coefficient (Wildman–Crippen LogP) is 3.41. The van der Waals surface area contributed by atoms with Gasteiger partial charge in [0.25, 0.3) is 5.91 Å². The van der Waals surface area contributed by atoms with Crippen molar-refractivity contribution >= 4 is 40.5 Å². The molecule has 2 aromatic carbocycles. The number of halogens is 1. The van der Waals surface area contributed by atoms with Gasteiger partial charge in [-0.1, -0.05) is 29.8 Å². The van der Waals surface area contributed by atoms with Crippen molar-refractivity contribution < 1.29 is 19.4 Å². The van der Waals surface area contributed by atoms with Gasteiger partial charge in [-0.15, -0.1) is 0 Å². The number of carbonyl (C=O) groups excluding carboxylic acids is 1. The van der Waals surface area contributed by atoms with Gasteiger partial charge in [-0.25, -0.2) is 4.79 Å². The number of para-hydroxylation sites is 1. The molecule has 1 aromatic heterocycles. The van der Waals surface area contributed by atoms with Crippen LogP contribution in [0.1, 0.15) is 11.1 Å². The van der Waals surface area contributed by atoms with Crippen LogP contribution in [0.4, 0.5) is 0 Å². The van der Waals surface area contributed by atoms with E-state index in [4.69, 9.17) is 16.3 Å². The Morgan fingerprint density at radius 2 is 2.07 bits per heavy atom. The summed E-state index contributed by atoms with van der Waals surface area (Å²) in [5, 5.41) is 13.7. The Bertz CT molecular complexity index is 1100. The van der Waals surface area contributed by atoms with Gasteiger partial charge in [0, 0.05) is 34.1 Å². The molecule has 7 heteroatoms. The minimum Gasteiger partial charge on any atom is -0.488 e. The summed E-state index contributed by atoms with van der Waals surface area (Å²) in [7, 11) is 0. The number of nitrogens with one attached hydrogen (secondary N) is 2. The van der Waals surface area contributed by atoms with Gasteiger partial charge in [-0.05, 0) is 35.9 Å². The van der Waals surface area contributed by atoms with Crippen LogP contribution in [0.3, 0.4) is 0 Å². The molecule has 142 valence electrons. The number of hydrogen-bond donors (Lipinski definition) is 3. The van der Waals surface area contributed by atoms with Crippen LogP contribution < -0.4 is 10.1 Å². The second kappa shape index (κ2) is 7.40. The van der Waals surface area contributed by atoms with E-state index in [2.05, 4.69) is 10.3 Å². The molecule has 28 heavy (non-hydrogen) atoms. The summed E-state index contributed by atoms with van der Waals surface area (Å²) in [5.74, 6) is -0.938. The quantitative estimate of drug-likeness (QED) is 0.616. The van der Waals surface area contributed by atoms with Gasteiger partial charge in [0.2, 0.25) is 0 Å². The molecule has 2 heterocycles. The van der Waals surface area contributed by atoms with Crippen LogP contribution in [0.5, 0.6) is 5.75 Å². The van der Waals surface area contributed by atoms with E-state index >= 15 is 0 Å². The number of rotatable bonds is 5. The van der Waals surface area contributed by atoms with Crippen LogP contribution in [0.25, 0.3) is 17.0 Å². The molecule has 0 saturated heterocycles. The van der Waals surface area contributed by atoms with Crippen molar-refractivity contribution in [3.05, 3.63) is 70.4 Å². The lowest BCUT2D eigenvalue weighted by molar-refractivity contribution is -0.141. The number of amides is 1. The number of carboxylic acids is 1. The van der Waals surface area contributed by atoms with Gasteiger partial charge in [-0.2, -0.15) is 0 Å². The van der Waals surface area contributed by atoms with Crippen molar-refractivity contribution in [2.24, 2.45) is 0 Å². The summed E-state index contributed by atoms with van der Waals surface area (Å²) >= 11 is 5.99. The third-order valence-electron chi connectivity index (χ3n) is 4.68. The lowest BCUT2D eigenvalue weighted by Gasteiger charge is -2.20. The zero-order valence-electron chi connectivity index (χ0n) is 14.7. The van der Waals surface area contributed by atoms with E-state index in [1.807, 2.05) is 24.3 Å². The maximum absolute atomic E-state index is 12.6. The molecule has 1 aliphatic rings. The standard InChI is InChI=1S/C21H17ClN2O4/c22-15-5-6-19-12(8-15)7-14(11-28-19)20(25)24-18(21(26)27)9-13-10-23-17-4-2-1-3-16(13)17/h1-8,10,18,23H,9,11H2,(H,24,25)(H,26,27)/t18-/m1/s1. The van der Waals surface area contributed by atoms with Crippen molar-refractivity contribution in [1.82, 2.24) is 10.3 Å². The average molecular weight is 397 g/mol. The fourth-order valence-electron chi connectivity index (χ4n) is 3.25. The Morgan fingerprint density at radius 3 is 2.89 bits per heavy atom. The lowest BCUT2D eigenvalue weighted by Crippen LogP contribution is -2.43. The number of carboxylic acid groups (broad SMARTS) is 1.